The molecule has 0 bridgehead atoms. The molecule has 3 aromatic rings. The van der Waals surface area contributed by atoms with Gasteiger partial charge in [-0.2, -0.15) is 28.4 Å². The Balaban J connectivity index is 1.69. The minimum Gasteiger partial charge on any atom is -0.353 e. The lowest BCUT2D eigenvalue weighted by Gasteiger charge is -2.10. The number of nitrogens with one attached hydrogen (secondary N) is 5. The fraction of sp³-hybridized carbons (Fsp3) is 0.188. The van der Waals surface area contributed by atoms with Crippen LogP contribution in [0, 0.1) is 0 Å². The first kappa shape index (κ1) is 26.7. The third-order valence-corrected chi connectivity index (χ3v) is 4.91. The zero-order valence-electron chi connectivity index (χ0n) is 17.9. The predicted octanol–water partition coefficient (Wildman–Crippen LogP) is 0.202. The van der Waals surface area contributed by atoms with Gasteiger partial charge in [0.15, 0.2) is 0 Å². The van der Waals surface area contributed by atoms with Crippen LogP contribution in [-0.2, 0) is 19.5 Å². The number of H-pyrrole nitrogens is 2. The standard InChI is InChI=1S/C16H18N10O8S2/c27-15-23-11(17-4-6-35-34-33-29)21-13(25-15)19-9-2-1-3-10(8-9)20-14-22-12(24-16(28)26-14)18-5-7-36(30,31)32/h1-4,8,29H,5-7H2,(H,30,31,32)(H2,19,21,23,25,27)(H3,18,20,22,24,26,28)/b17-4-. The topological polar surface area (TPSA) is 259 Å². The van der Waals surface area contributed by atoms with Crippen molar-refractivity contribution in [3.05, 3.63) is 45.2 Å². The van der Waals surface area contributed by atoms with E-state index in [1.165, 1.54) is 6.21 Å². The van der Waals surface area contributed by atoms with E-state index in [9.17, 15) is 18.0 Å². The molecule has 0 radical (unpaired) electrons. The molecular formula is C16H18N10O8S2. The SMILES string of the molecule is O=c1nc(/N=C\CSOOO)nc(Nc2cccc(Nc3nc(NCCS(=O)(=O)O)nc(=O)[nH]3)c2)[nH]1. The van der Waals surface area contributed by atoms with Gasteiger partial charge in [-0.1, -0.05) is 11.1 Å². The van der Waals surface area contributed by atoms with Gasteiger partial charge in [-0.3, -0.25) is 14.5 Å². The smallest absolute Gasteiger partial charge is 0.351 e. The van der Waals surface area contributed by atoms with E-state index in [1.54, 1.807) is 24.3 Å². The molecule has 3 rings (SSSR count). The molecule has 36 heavy (non-hydrogen) atoms. The summed E-state index contributed by atoms with van der Waals surface area (Å²) in [6.07, 6.45) is 1.33. The molecule has 0 spiro atoms. The molecule has 0 aliphatic rings. The van der Waals surface area contributed by atoms with Crippen LogP contribution in [0.4, 0.5) is 35.2 Å². The molecule has 0 aliphatic carbocycles. The van der Waals surface area contributed by atoms with Gasteiger partial charge in [0.1, 0.15) is 0 Å². The molecule has 20 heteroatoms. The summed E-state index contributed by atoms with van der Waals surface area (Å²) in [7, 11) is -4.19. The minimum atomic E-state index is -4.19. The normalized spacial score (nSPS) is 11.5. The summed E-state index contributed by atoms with van der Waals surface area (Å²) in [4.78, 5) is 47.6. The van der Waals surface area contributed by atoms with E-state index in [0.29, 0.717) is 11.4 Å². The van der Waals surface area contributed by atoms with Gasteiger partial charge in [-0.25, -0.2) is 19.8 Å². The van der Waals surface area contributed by atoms with Crippen LogP contribution >= 0.6 is 12.0 Å². The summed E-state index contributed by atoms with van der Waals surface area (Å²) in [5.41, 5.74) is -0.506. The van der Waals surface area contributed by atoms with E-state index >= 15 is 0 Å². The lowest BCUT2D eigenvalue weighted by Crippen LogP contribution is -2.21. The zero-order chi connectivity index (χ0) is 26.0. The number of rotatable bonds is 13. The predicted molar refractivity (Wildman–Crippen MR) is 129 cm³/mol. The van der Waals surface area contributed by atoms with E-state index in [1.807, 2.05) is 0 Å². The molecule has 18 nitrogen and oxygen atoms in total. The highest BCUT2D eigenvalue weighted by Gasteiger charge is 2.08. The molecule has 0 saturated heterocycles. The molecular weight excluding hydrogens is 524 g/mol. The fourth-order valence-electron chi connectivity index (χ4n) is 2.45. The lowest BCUT2D eigenvalue weighted by molar-refractivity contribution is -0.432. The highest BCUT2D eigenvalue weighted by Crippen LogP contribution is 2.20. The molecule has 0 saturated carbocycles. The average molecular weight is 543 g/mol. The molecule has 7 N–H and O–H groups in total. The molecule has 0 atom stereocenters. The van der Waals surface area contributed by atoms with E-state index in [4.69, 9.17) is 9.81 Å². The number of benzene rings is 1. The average Bonchev–Trinajstić information content (AvgIpc) is 2.77. The second-order valence-corrected chi connectivity index (χ2v) is 8.69. The van der Waals surface area contributed by atoms with Crippen molar-refractivity contribution in [3.8, 4) is 0 Å². The molecule has 0 amide bonds. The number of anilines is 5. The maximum absolute atomic E-state index is 11.8. The first-order valence-corrected chi connectivity index (χ1v) is 12.1. The monoisotopic (exact) mass is 542 g/mol. The molecule has 0 aliphatic heterocycles. The Bertz CT molecular complexity index is 1430. The van der Waals surface area contributed by atoms with E-state index in [0.717, 1.165) is 12.0 Å². The Morgan fingerprint density at radius 2 is 1.72 bits per heavy atom. The van der Waals surface area contributed by atoms with Crippen LogP contribution in [0.1, 0.15) is 0 Å². The van der Waals surface area contributed by atoms with Crippen LogP contribution < -0.4 is 27.3 Å². The first-order valence-electron chi connectivity index (χ1n) is 9.62. The highest BCUT2D eigenvalue weighted by molar-refractivity contribution is 7.95. The van der Waals surface area contributed by atoms with Crippen LogP contribution in [0.2, 0.25) is 0 Å². The Morgan fingerprint density at radius 3 is 2.39 bits per heavy atom. The van der Waals surface area contributed by atoms with Crippen molar-refractivity contribution in [2.24, 2.45) is 4.99 Å². The Hall–Kier alpha value is -3.95. The van der Waals surface area contributed by atoms with Crippen molar-refractivity contribution < 1.29 is 27.6 Å². The maximum atomic E-state index is 11.8. The fourth-order valence-corrected chi connectivity index (χ4v) is 3.05. The maximum Gasteiger partial charge on any atom is 0.351 e. The van der Waals surface area contributed by atoms with Gasteiger partial charge in [-0.05, 0) is 18.2 Å². The van der Waals surface area contributed by atoms with E-state index in [2.05, 4.69) is 60.2 Å². The first-order chi connectivity index (χ1) is 17.2. The van der Waals surface area contributed by atoms with Gasteiger partial charge in [0.25, 0.3) is 16.1 Å². The third kappa shape index (κ3) is 9.36. The summed E-state index contributed by atoms with van der Waals surface area (Å²) < 4.78 is 34.6. The van der Waals surface area contributed by atoms with Crippen molar-refractivity contribution >= 4 is 63.5 Å². The summed E-state index contributed by atoms with van der Waals surface area (Å²) >= 11 is 0.737. The molecule has 192 valence electrons. The third-order valence-electron chi connectivity index (χ3n) is 3.75. The van der Waals surface area contributed by atoms with Gasteiger partial charge in [0.05, 0.1) is 11.5 Å². The van der Waals surface area contributed by atoms with Gasteiger partial charge in [0.2, 0.25) is 17.8 Å². The van der Waals surface area contributed by atoms with Crippen molar-refractivity contribution in [2.75, 3.05) is 34.0 Å². The van der Waals surface area contributed by atoms with Gasteiger partial charge >= 0.3 is 11.4 Å². The molecule has 0 unspecified atom stereocenters. The summed E-state index contributed by atoms with van der Waals surface area (Å²) in [6, 6.07) is 6.60. The van der Waals surface area contributed by atoms with Crippen molar-refractivity contribution in [2.45, 2.75) is 0 Å². The van der Waals surface area contributed by atoms with Crippen molar-refractivity contribution in [1.29, 1.82) is 0 Å². The Labute approximate surface area is 205 Å². The molecule has 1 aromatic carbocycles. The van der Waals surface area contributed by atoms with Crippen LogP contribution in [0.25, 0.3) is 0 Å². The Kier molecular flexibility index (Phi) is 9.38. The van der Waals surface area contributed by atoms with Gasteiger partial charge < -0.3 is 16.0 Å². The largest absolute Gasteiger partial charge is 0.353 e. The van der Waals surface area contributed by atoms with E-state index < -0.39 is 27.3 Å². The van der Waals surface area contributed by atoms with Crippen LogP contribution in [-0.4, -0.2) is 72.4 Å². The molecule has 0 fully saturated rings. The van der Waals surface area contributed by atoms with Gasteiger partial charge in [0, 0.05) is 36.2 Å². The number of hydrogen-bond acceptors (Lipinski definition) is 16. The second-order valence-electron chi connectivity index (χ2n) is 6.41. The quantitative estimate of drug-likeness (QED) is 0.0380. The van der Waals surface area contributed by atoms with Crippen LogP contribution in [0.15, 0.2) is 38.8 Å². The van der Waals surface area contributed by atoms with Crippen LogP contribution in [0.5, 0.6) is 0 Å². The van der Waals surface area contributed by atoms with Crippen LogP contribution in [0.3, 0.4) is 0 Å². The second kappa shape index (κ2) is 12.7. The van der Waals surface area contributed by atoms with E-state index in [-0.39, 0.29) is 36.1 Å². The Morgan fingerprint density at radius 1 is 1.06 bits per heavy atom. The lowest BCUT2D eigenvalue weighted by atomic mass is 10.3. The number of aromatic nitrogens is 6. The minimum absolute atomic E-state index is 0.00187. The number of aromatic amines is 2. The summed E-state index contributed by atoms with van der Waals surface area (Å²) in [6.45, 7) is -0.214. The number of aliphatic imine (C=N–C) groups is 1. The summed E-state index contributed by atoms with van der Waals surface area (Å²) in [5, 5.41) is 19.8. The number of nitrogens with zero attached hydrogens (tertiary/aromatic N) is 5. The number of hydrogen-bond donors (Lipinski definition) is 7. The van der Waals surface area contributed by atoms with Gasteiger partial charge in [-0.15, -0.1) is 4.33 Å². The molecule has 2 aromatic heterocycles. The van der Waals surface area contributed by atoms with Crippen molar-refractivity contribution in [1.82, 2.24) is 29.9 Å². The zero-order valence-corrected chi connectivity index (χ0v) is 19.5. The highest BCUT2D eigenvalue weighted by atomic mass is 32.2. The molecule has 2 heterocycles. The van der Waals surface area contributed by atoms with Crippen molar-refractivity contribution in [3.63, 3.8) is 0 Å². The summed E-state index contributed by atoms with van der Waals surface area (Å²) in [5.74, 6) is -0.655.